The van der Waals surface area contributed by atoms with Gasteiger partial charge in [-0.05, 0) is 62.6 Å². The lowest BCUT2D eigenvalue weighted by Crippen LogP contribution is -2.41. The molecule has 9 heteroatoms. The van der Waals surface area contributed by atoms with E-state index in [2.05, 4.69) is 84.6 Å². The highest BCUT2D eigenvalue weighted by Gasteiger charge is 2.24. The Labute approximate surface area is 245 Å². The van der Waals surface area contributed by atoms with Crippen LogP contribution in [-0.4, -0.2) is 16.0 Å². The van der Waals surface area contributed by atoms with Crippen LogP contribution in [0.15, 0.2) is 78.8 Å². The van der Waals surface area contributed by atoms with E-state index >= 15 is 0 Å². The second kappa shape index (κ2) is 12.0. The smallest absolute Gasteiger partial charge is 0.123 e. The van der Waals surface area contributed by atoms with Crippen molar-refractivity contribution in [2.75, 3.05) is 10.6 Å². The van der Waals surface area contributed by atoms with Crippen LogP contribution in [0.3, 0.4) is 0 Å². The maximum atomic E-state index is 13.8. The van der Waals surface area contributed by atoms with Gasteiger partial charge in [0.2, 0.25) is 0 Å². The number of aromatic nitrogens is 1. The molecule has 41 heavy (non-hydrogen) atoms. The van der Waals surface area contributed by atoms with Crippen molar-refractivity contribution in [1.29, 1.82) is 5.26 Å². The molecule has 0 aliphatic carbocycles. The number of fused-ring (bicyclic) bond motifs is 1. The lowest BCUT2D eigenvalue weighted by atomic mass is 10.0. The van der Waals surface area contributed by atoms with Gasteiger partial charge in [-0.1, -0.05) is 60.5 Å². The van der Waals surface area contributed by atoms with Gasteiger partial charge in [-0.25, -0.2) is 4.39 Å². The van der Waals surface area contributed by atoms with Crippen LogP contribution in [0.2, 0.25) is 5.02 Å². The van der Waals surface area contributed by atoms with Gasteiger partial charge in [0.15, 0.2) is 0 Å². The first kappa shape index (κ1) is 28.2. The van der Waals surface area contributed by atoms with E-state index in [9.17, 15) is 9.65 Å². The first-order chi connectivity index (χ1) is 19.8. The predicted molar refractivity (Wildman–Crippen MR) is 163 cm³/mol. The van der Waals surface area contributed by atoms with E-state index in [1.54, 1.807) is 18.3 Å². The zero-order valence-corrected chi connectivity index (χ0v) is 24.2. The van der Waals surface area contributed by atoms with Crippen LogP contribution < -0.4 is 21.6 Å². The Morgan fingerprint density at radius 3 is 2.39 bits per heavy atom. The summed E-state index contributed by atoms with van der Waals surface area (Å²) in [5, 5.41) is 20.3. The Bertz CT molecular complexity index is 1610. The lowest BCUT2D eigenvalue weighted by molar-refractivity contribution is 0.221. The zero-order valence-electron chi connectivity index (χ0n) is 23.5. The first-order valence-corrected chi connectivity index (χ1v) is 14.0. The highest BCUT2D eigenvalue weighted by molar-refractivity contribution is 6.35. The van der Waals surface area contributed by atoms with Crippen LogP contribution >= 0.6 is 11.6 Å². The Morgan fingerprint density at radius 2 is 1.76 bits per heavy atom. The van der Waals surface area contributed by atoms with Gasteiger partial charge in [-0.15, -0.1) is 5.53 Å². The summed E-state index contributed by atoms with van der Waals surface area (Å²) in [6, 6.07) is 20.7. The van der Waals surface area contributed by atoms with Crippen molar-refractivity contribution in [2.45, 2.75) is 52.2 Å². The Morgan fingerprint density at radius 1 is 1.05 bits per heavy atom. The molecular weight excluding hydrogens is 537 g/mol. The van der Waals surface area contributed by atoms with Crippen molar-refractivity contribution in [3.05, 3.63) is 112 Å². The Balaban J connectivity index is 1.57. The van der Waals surface area contributed by atoms with Gasteiger partial charge < -0.3 is 16.1 Å². The molecule has 5 rings (SSSR count). The van der Waals surface area contributed by atoms with E-state index in [0.717, 1.165) is 34.3 Å². The molecule has 210 valence electrons. The minimum absolute atomic E-state index is 0.0170. The lowest BCUT2D eigenvalue weighted by Gasteiger charge is -2.24. The fourth-order valence-corrected chi connectivity index (χ4v) is 5.18. The van der Waals surface area contributed by atoms with Crippen LogP contribution in [0, 0.1) is 24.1 Å². The van der Waals surface area contributed by atoms with E-state index in [4.69, 9.17) is 11.6 Å². The summed E-state index contributed by atoms with van der Waals surface area (Å²) in [5.41, 5.74) is 12.9. The van der Waals surface area contributed by atoms with Crippen LogP contribution in [0.25, 0.3) is 10.9 Å². The maximum absolute atomic E-state index is 13.8. The fraction of sp³-hybridized carbons (Fsp3) is 0.250. The summed E-state index contributed by atoms with van der Waals surface area (Å²) in [4.78, 5) is 4.52. The summed E-state index contributed by atoms with van der Waals surface area (Å²) >= 11 is 6.80. The number of pyridine rings is 1. The number of hydrogen-bond acceptors (Lipinski definition) is 7. The Hall–Kier alpha value is -4.32. The molecular formula is C32H33ClFN7. The van der Waals surface area contributed by atoms with E-state index in [1.165, 1.54) is 17.7 Å². The maximum Gasteiger partial charge on any atom is 0.123 e. The highest BCUT2D eigenvalue weighted by atomic mass is 35.5. The van der Waals surface area contributed by atoms with Crippen LogP contribution in [0.5, 0.6) is 0 Å². The molecule has 1 aromatic heterocycles. The summed E-state index contributed by atoms with van der Waals surface area (Å²) in [7, 11) is 0. The summed E-state index contributed by atoms with van der Waals surface area (Å²) in [5.74, 6) is -0.304. The molecule has 3 aromatic carbocycles. The van der Waals surface area contributed by atoms with Crippen molar-refractivity contribution >= 4 is 33.9 Å². The largest absolute Gasteiger partial charge is 0.377 e. The van der Waals surface area contributed by atoms with Gasteiger partial charge in [0, 0.05) is 29.5 Å². The van der Waals surface area contributed by atoms with Gasteiger partial charge in [0.25, 0.3) is 0 Å². The van der Waals surface area contributed by atoms with Gasteiger partial charge >= 0.3 is 0 Å². The van der Waals surface area contributed by atoms with Crippen molar-refractivity contribution < 1.29 is 4.39 Å². The molecule has 0 spiro atoms. The second-order valence-electron chi connectivity index (χ2n) is 10.5. The number of nitriles is 1. The number of nitrogens with one attached hydrogen (secondary N) is 4. The van der Waals surface area contributed by atoms with E-state index in [-0.39, 0.29) is 23.9 Å². The number of anilines is 2. The minimum Gasteiger partial charge on any atom is -0.377 e. The van der Waals surface area contributed by atoms with Crippen molar-refractivity contribution in [1.82, 2.24) is 21.0 Å². The topological polar surface area (TPSA) is 88.0 Å². The van der Waals surface area contributed by atoms with Crippen molar-refractivity contribution in [2.24, 2.45) is 0 Å². The number of benzene rings is 3. The second-order valence-corrected chi connectivity index (χ2v) is 10.9. The van der Waals surface area contributed by atoms with Gasteiger partial charge in [0.1, 0.15) is 11.9 Å². The molecule has 0 saturated heterocycles. The van der Waals surface area contributed by atoms with Crippen LogP contribution in [0.1, 0.15) is 61.5 Å². The quantitative estimate of drug-likeness (QED) is 0.166. The molecule has 4 N–H and O–H groups in total. The average molecular weight is 570 g/mol. The number of aryl methyl sites for hydroxylation is 1. The van der Waals surface area contributed by atoms with Gasteiger partial charge in [0.05, 0.1) is 39.6 Å². The Kier molecular flexibility index (Phi) is 8.29. The van der Waals surface area contributed by atoms with Gasteiger partial charge in [-0.3, -0.25) is 9.99 Å². The fourth-order valence-electron chi connectivity index (χ4n) is 4.91. The van der Waals surface area contributed by atoms with E-state index < -0.39 is 0 Å². The number of nitrogens with zero attached hydrogens (tertiary/aromatic N) is 3. The SMILES string of the molecule is CC[C@@H](Nc1c(C#N)cnc2c(Cl)cc(N[C@H](C3=CN(C(C)C)NN3)c3ccc(F)cc3)cc12)c1ccc(C)cc1. The van der Waals surface area contributed by atoms with Crippen LogP contribution in [0.4, 0.5) is 15.8 Å². The molecule has 0 bridgehead atoms. The first-order valence-electron chi connectivity index (χ1n) is 13.7. The van der Waals surface area contributed by atoms with Crippen molar-refractivity contribution in [3.8, 4) is 6.07 Å². The third kappa shape index (κ3) is 6.07. The summed E-state index contributed by atoms with van der Waals surface area (Å²) in [6.45, 7) is 8.32. The summed E-state index contributed by atoms with van der Waals surface area (Å²) < 4.78 is 13.8. The van der Waals surface area contributed by atoms with E-state index in [0.29, 0.717) is 21.8 Å². The molecule has 1 aliphatic heterocycles. The monoisotopic (exact) mass is 569 g/mol. The zero-order chi connectivity index (χ0) is 29.1. The average Bonchev–Trinajstić information content (AvgIpc) is 3.46. The number of rotatable bonds is 9. The summed E-state index contributed by atoms with van der Waals surface area (Å²) in [6.07, 6.45) is 4.37. The third-order valence-electron chi connectivity index (χ3n) is 7.24. The predicted octanol–water partition coefficient (Wildman–Crippen LogP) is 7.50. The molecule has 2 atom stereocenters. The molecule has 0 unspecified atom stereocenters. The van der Waals surface area contributed by atoms with E-state index in [1.807, 2.05) is 23.3 Å². The number of halogens is 2. The highest BCUT2D eigenvalue weighted by Crippen LogP contribution is 2.37. The third-order valence-corrected chi connectivity index (χ3v) is 7.53. The van der Waals surface area contributed by atoms with Crippen molar-refractivity contribution in [3.63, 3.8) is 0 Å². The molecule has 0 radical (unpaired) electrons. The normalized spacial score (nSPS) is 14.4. The molecule has 4 aromatic rings. The van der Waals surface area contributed by atoms with Gasteiger partial charge in [-0.2, -0.15) is 5.26 Å². The van der Waals surface area contributed by atoms with Crippen LogP contribution in [-0.2, 0) is 0 Å². The molecule has 2 heterocycles. The minimum atomic E-state index is -0.347. The number of hydrogen-bond donors (Lipinski definition) is 4. The molecule has 7 nitrogen and oxygen atoms in total. The molecule has 0 saturated carbocycles. The number of hydrazine groups is 2. The standard InChI is InChI=1S/C32H33ClFN7/c1-5-28(21-8-6-20(4)7-9-21)38-30-23(16-35)17-36-32-26(30)14-25(15-27(32)33)37-31(22-10-12-24(34)13-11-22)29-18-41(19(2)3)40-39-29/h6-15,17-19,28,31,37,39-40H,5H2,1-4H3,(H,36,38)/t28-,31+/m1/s1. The molecule has 0 fully saturated rings. The molecule has 0 amide bonds. The molecule has 1 aliphatic rings.